The number of thiocarbonyl (C=S) groups is 1. The van der Waals surface area contributed by atoms with Gasteiger partial charge in [0.1, 0.15) is 0 Å². The zero-order valence-corrected chi connectivity index (χ0v) is 18.3. The van der Waals surface area contributed by atoms with Crippen molar-refractivity contribution in [3.8, 4) is 0 Å². The van der Waals surface area contributed by atoms with Crippen LogP contribution in [0.15, 0.2) is 0 Å². The number of carbonyl (C=O) groups is 4. The van der Waals surface area contributed by atoms with Crippen LogP contribution >= 0.6 is 12.2 Å². The van der Waals surface area contributed by atoms with Gasteiger partial charge in [0.25, 0.3) is 5.17 Å². The molecule has 0 unspecified atom stereocenters. The molecule has 12 heteroatoms. The molecule has 30 heavy (non-hydrogen) atoms. The first kappa shape index (κ1) is 25.6. The summed E-state index contributed by atoms with van der Waals surface area (Å²) in [6.07, 6.45) is -5.27. The number of nitrogens with one attached hydrogen (secondary N) is 1. The molecule has 0 aromatic heterocycles. The lowest BCUT2D eigenvalue weighted by Gasteiger charge is -2.43. The Morgan fingerprint density at radius 3 is 1.97 bits per heavy atom. The number of unbranched alkanes of at least 4 members (excludes halogenated alkanes) is 1. The summed E-state index contributed by atoms with van der Waals surface area (Å²) < 4.78 is 31.4. The molecule has 1 saturated heterocycles. The number of hydrogen-bond acceptors (Lipinski definition) is 11. The van der Waals surface area contributed by atoms with Crippen molar-refractivity contribution in [1.29, 1.82) is 0 Å². The molecule has 170 valence electrons. The third-order valence-electron chi connectivity index (χ3n) is 3.87. The molecular formula is C18H27NO10S. The van der Waals surface area contributed by atoms with Crippen LogP contribution in [0.1, 0.15) is 40.5 Å². The van der Waals surface area contributed by atoms with Crippen molar-refractivity contribution in [3.05, 3.63) is 0 Å². The van der Waals surface area contributed by atoms with E-state index in [2.05, 4.69) is 5.32 Å². The van der Waals surface area contributed by atoms with Gasteiger partial charge in [-0.05, 0) is 18.6 Å². The van der Waals surface area contributed by atoms with Gasteiger partial charge >= 0.3 is 23.9 Å². The third kappa shape index (κ3) is 7.75. The van der Waals surface area contributed by atoms with Crippen molar-refractivity contribution in [2.75, 3.05) is 13.7 Å². The summed E-state index contributed by atoms with van der Waals surface area (Å²) in [5.41, 5.74) is 0. The molecule has 1 rings (SSSR count). The Bertz CT molecular complexity index is 655. The first-order chi connectivity index (χ1) is 14.1. The van der Waals surface area contributed by atoms with E-state index in [-0.39, 0.29) is 5.17 Å². The van der Waals surface area contributed by atoms with Crippen molar-refractivity contribution in [3.63, 3.8) is 0 Å². The molecule has 5 atom stereocenters. The zero-order chi connectivity index (χ0) is 22.8. The first-order valence-electron chi connectivity index (χ1n) is 9.28. The number of ether oxygens (including phenoxy) is 6. The topological polar surface area (TPSA) is 136 Å². The molecule has 0 spiro atoms. The molecule has 11 nitrogen and oxygen atoms in total. The first-order valence-corrected chi connectivity index (χ1v) is 9.69. The fourth-order valence-electron chi connectivity index (χ4n) is 2.70. The van der Waals surface area contributed by atoms with Crippen LogP contribution < -0.4 is 5.32 Å². The molecular weight excluding hydrogens is 422 g/mol. The van der Waals surface area contributed by atoms with Crippen LogP contribution in [0.3, 0.4) is 0 Å². The Hall–Kier alpha value is -2.47. The van der Waals surface area contributed by atoms with Crippen LogP contribution in [-0.4, -0.2) is 73.4 Å². The number of methoxy groups -OCH3 is 1. The average molecular weight is 449 g/mol. The van der Waals surface area contributed by atoms with Crippen LogP contribution in [-0.2, 0) is 47.6 Å². The van der Waals surface area contributed by atoms with Gasteiger partial charge in [0.2, 0.25) is 0 Å². The molecule has 0 aromatic carbocycles. The van der Waals surface area contributed by atoms with E-state index >= 15 is 0 Å². The number of carbonyl (C=O) groups excluding carboxylic acids is 4. The zero-order valence-electron chi connectivity index (χ0n) is 17.5. The Kier molecular flexibility index (Phi) is 10.5. The summed E-state index contributed by atoms with van der Waals surface area (Å²) >= 11 is 5.11. The molecule has 0 saturated carbocycles. The van der Waals surface area contributed by atoms with E-state index < -0.39 is 54.5 Å². The van der Waals surface area contributed by atoms with Gasteiger partial charge in [-0.2, -0.15) is 0 Å². The lowest BCUT2D eigenvalue weighted by atomic mass is 9.97. The smallest absolute Gasteiger partial charge is 0.339 e. The minimum absolute atomic E-state index is 0.0817. The highest BCUT2D eigenvalue weighted by Gasteiger charge is 2.55. The molecule has 1 aliphatic heterocycles. The van der Waals surface area contributed by atoms with Crippen LogP contribution in [0.25, 0.3) is 0 Å². The summed E-state index contributed by atoms with van der Waals surface area (Å²) in [5.74, 6) is -3.17. The van der Waals surface area contributed by atoms with E-state index in [4.69, 9.17) is 40.6 Å². The molecule has 0 radical (unpaired) electrons. The molecule has 0 aromatic rings. The Morgan fingerprint density at radius 1 is 0.933 bits per heavy atom. The molecule has 1 heterocycles. The normalized spacial score (nSPS) is 25.4. The van der Waals surface area contributed by atoms with Gasteiger partial charge in [-0.25, -0.2) is 4.79 Å². The largest absolute Gasteiger partial charge is 0.471 e. The van der Waals surface area contributed by atoms with Crippen molar-refractivity contribution in [2.45, 2.75) is 71.2 Å². The average Bonchev–Trinajstić information content (AvgIpc) is 2.64. The Balaban J connectivity index is 3.27. The van der Waals surface area contributed by atoms with Gasteiger partial charge in [0, 0.05) is 20.8 Å². The van der Waals surface area contributed by atoms with Gasteiger partial charge in [-0.1, -0.05) is 13.3 Å². The van der Waals surface area contributed by atoms with E-state index in [1.54, 1.807) is 0 Å². The van der Waals surface area contributed by atoms with Crippen LogP contribution in [0, 0.1) is 0 Å². The maximum absolute atomic E-state index is 12.3. The summed E-state index contributed by atoms with van der Waals surface area (Å²) in [6.45, 7) is 5.64. The van der Waals surface area contributed by atoms with E-state index in [0.29, 0.717) is 6.61 Å². The third-order valence-corrected chi connectivity index (χ3v) is 4.10. The standard InChI is InChI=1S/C18H27NO10S/c1-6-7-8-25-18(30)19-16-14(28-11(4)22)12(26-9(2)20)13(27-10(3)21)15(29-16)17(23)24-5/h12-16H,6-8H2,1-5H3,(H,19,30)/t12-,13-,14+,15-,16+/m0/s1. The van der Waals surface area contributed by atoms with Crippen LogP contribution in [0.4, 0.5) is 0 Å². The predicted molar refractivity (Wildman–Crippen MR) is 104 cm³/mol. The second-order valence-electron chi connectivity index (χ2n) is 6.36. The lowest BCUT2D eigenvalue weighted by Crippen LogP contribution is -2.67. The number of rotatable bonds is 8. The summed E-state index contributed by atoms with van der Waals surface area (Å²) in [5, 5.41) is 2.61. The highest BCUT2D eigenvalue weighted by Crippen LogP contribution is 2.28. The van der Waals surface area contributed by atoms with Crippen LogP contribution in [0.5, 0.6) is 0 Å². The van der Waals surface area contributed by atoms with Crippen molar-refractivity contribution in [1.82, 2.24) is 5.32 Å². The van der Waals surface area contributed by atoms with Crippen molar-refractivity contribution in [2.24, 2.45) is 0 Å². The maximum Gasteiger partial charge on any atom is 0.339 e. The fourth-order valence-corrected chi connectivity index (χ4v) is 2.90. The summed E-state index contributed by atoms with van der Waals surface area (Å²) in [7, 11) is 1.11. The molecule has 0 bridgehead atoms. The van der Waals surface area contributed by atoms with Crippen LogP contribution in [0.2, 0.25) is 0 Å². The van der Waals surface area contributed by atoms with Gasteiger partial charge in [0.05, 0.1) is 13.7 Å². The highest BCUT2D eigenvalue weighted by molar-refractivity contribution is 7.80. The minimum atomic E-state index is -1.49. The SMILES string of the molecule is CCCCOC(=S)N[C@@H]1O[C@H](C(=O)OC)[C@@H](OC(C)=O)[C@H](OC(C)=O)[C@H]1OC(C)=O. The van der Waals surface area contributed by atoms with Gasteiger partial charge in [-0.15, -0.1) is 0 Å². The predicted octanol–water partition coefficient (Wildman–Crippen LogP) is 0.371. The van der Waals surface area contributed by atoms with Gasteiger partial charge in [0.15, 0.2) is 30.6 Å². The van der Waals surface area contributed by atoms with Gasteiger partial charge < -0.3 is 33.7 Å². The Morgan fingerprint density at radius 2 is 1.47 bits per heavy atom. The maximum atomic E-state index is 12.3. The van der Waals surface area contributed by atoms with Crippen molar-refractivity contribution >= 4 is 41.3 Å². The monoisotopic (exact) mass is 449 g/mol. The van der Waals surface area contributed by atoms with Gasteiger partial charge in [-0.3, -0.25) is 14.4 Å². The lowest BCUT2D eigenvalue weighted by molar-refractivity contribution is -0.251. The summed E-state index contributed by atoms with van der Waals surface area (Å²) in [4.78, 5) is 47.3. The van der Waals surface area contributed by atoms with Crippen molar-refractivity contribution < 1.29 is 47.6 Å². The highest BCUT2D eigenvalue weighted by atomic mass is 32.1. The quantitative estimate of drug-likeness (QED) is 0.237. The minimum Gasteiger partial charge on any atom is -0.471 e. The fraction of sp³-hybridized carbons (Fsp3) is 0.722. The van der Waals surface area contributed by atoms with E-state index in [1.807, 2.05) is 6.92 Å². The second kappa shape index (κ2) is 12.3. The number of esters is 4. The molecule has 1 aliphatic rings. The van der Waals surface area contributed by atoms with E-state index in [9.17, 15) is 19.2 Å². The molecule has 0 aliphatic carbocycles. The molecule has 1 N–H and O–H groups in total. The van der Waals surface area contributed by atoms with E-state index in [1.165, 1.54) is 0 Å². The Labute approximate surface area is 179 Å². The summed E-state index contributed by atoms with van der Waals surface area (Å²) in [6, 6.07) is 0. The van der Waals surface area contributed by atoms with E-state index in [0.717, 1.165) is 40.7 Å². The second-order valence-corrected chi connectivity index (χ2v) is 6.73. The number of hydrogen-bond donors (Lipinski definition) is 1. The molecule has 0 amide bonds. The molecule has 1 fully saturated rings.